The highest BCUT2D eigenvalue weighted by molar-refractivity contribution is 5.82. The summed E-state index contributed by atoms with van der Waals surface area (Å²) in [7, 11) is 0. The van der Waals surface area contributed by atoms with Gasteiger partial charge in [0.1, 0.15) is 0 Å². The lowest BCUT2D eigenvalue weighted by molar-refractivity contribution is -0.137. The second kappa shape index (κ2) is 6.15. The average molecular weight is 329 g/mol. The Morgan fingerprint density at radius 3 is 2.30 bits per heavy atom. The van der Waals surface area contributed by atoms with E-state index in [1.165, 1.54) is 12.1 Å². The molecule has 128 valence electrons. The van der Waals surface area contributed by atoms with Crippen LogP contribution in [-0.2, 0) is 11.0 Å². The largest absolute Gasteiger partial charge is 0.416 e. The third-order valence-electron chi connectivity index (χ3n) is 4.26. The first-order valence-corrected chi connectivity index (χ1v) is 7.63. The van der Waals surface area contributed by atoms with Gasteiger partial charge in [0.25, 0.3) is 0 Å². The fraction of sp³-hybridized carbons (Fsp3) is 0.588. The van der Waals surface area contributed by atoms with E-state index in [1.54, 1.807) is 0 Å². The van der Waals surface area contributed by atoms with Crippen molar-refractivity contribution in [3.8, 4) is 0 Å². The number of halogens is 3. The highest BCUT2D eigenvalue weighted by atomic mass is 19.4. The summed E-state index contributed by atoms with van der Waals surface area (Å²) in [4.78, 5) is 12.0. The molecule has 3 unspecified atom stereocenters. The minimum absolute atomic E-state index is 0.0379. The van der Waals surface area contributed by atoms with Crippen molar-refractivity contribution in [1.29, 1.82) is 0 Å². The van der Waals surface area contributed by atoms with Crippen LogP contribution >= 0.6 is 0 Å². The van der Waals surface area contributed by atoms with E-state index in [1.807, 2.05) is 20.8 Å². The van der Waals surface area contributed by atoms with Crippen LogP contribution in [0.25, 0.3) is 0 Å². The highest BCUT2D eigenvalue weighted by Gasteiger charge is 2.44. The molecule has 1 aromatic carbocycles. The van der Waals surface area contributed by atoms with Gasteiger partial charge in [0.15, 0.2) is 0 Å². The summed E-state index contributed by atoms with van der Waals surface area (Å²) in [6, 6.07) is 4.97. The number of nitrogens with one attached hydrogen (secondary N) is 1. The van der Waals surface area contributed by atoms with Crippen molar-refractivity contribution in [2.45, 2.75) is 45.4 Å². The molecule has 6 heteroatoms. The molecule has 0 heterocycles. The molecule has 0 spiro atoms. The fourth-order valence-electron chi connectivity index (χ4n) is 2.41. The summed E-state index contributed by atoms with van der Waals surface area (Å²) < 4.78 is 37.6. The standard InChI is InChI=1S/C17H22F3NO2/c1-16(2,3)14(22)9-21-15(23)13-8-12(13)10-4-6-11(7-5-10)17(18,19)20/h4-7,12-14,22H,8-9H2,1-3H3,(H,21,23). The second-order valence-electron chi connectivity index (χ2n) is 7.20. The van der Waals surface area contributed by atoms with Crippen LogP contribution in [0.3, 0.4) is 0 Å². The molecule has 0 bridgehead atoms. The Morgan fingerprint density at radius 1 is 1.26 bits per heavy atom. The van der Waals surface area contributed by atoms with Crippen LogP contribution in [0.5, 0.6) is 0 Å². The zero-order valence-corrected chi connectivity index (χ0v) is 13.4. The predicted molar refractivity (Wildman–Crippen MR) is 80.8 cm³/mol. The average Bonchev–Trinajstić information content (AvgIpc) is 3.23. The molecule has 1 aliphatic rings. The topological polar surface area (TPSA) is 49.3 Å². The zero-order chi connectivity index (χ0) is 17.4. The number of rotatable bonds is 4. The first kappa shape index (κ1) is 17.8. The minimum Gasteiger partial charge on any atom is -0.391 e. The molecular formula is C17H22F3NO2. The van der Waals surface area contributed by atoms with Crippen LogP contribution in [0.4, 0.5) is 13.2 Å². The second-order valence-corrected chi connectivity index (χ2v) is 7.20. The van der Waals surface area contributed by atoms with Crippen molar-refractivity contribution in [3.63, 3.8) is 0 Å². The number of benzene rings is 1. The van der Waals surface area contributed by atoms with Crippen LogP contribution < -0.4 is 5.32 Å². The first-order valence-electron chi connectivity index (χ1n) is 7.63. The van der Waals surface area contributed by atoms with Gasteiger partial charge in [0.2, 0.25) is 5.91 Å². The number of alkyl halides is 3. The van der Waals surface area contributed by atoms with Crippen molar-refractivity contribution in [3.05, 3.63) is 35.4 Å². The first-order chi connectivity index (χ1) is 10.5. The summed E-state index contributed by atoms with van der Waals surface area (Å²) >= 11 is 0. The van der Waals surface area contributed by atoms with Crippen LogP contribution in [0.2, 0.25) is 0 Å². The van der Waals surface area contributed by atoms with Gasteiger partial charge in [0, 0.05) is 12.5 Å². The lowest BCUT2D eigenvalue weighted by atomic mass is 9.89. The Morgan fingerprint density at radius 2 is 1.83 bits per heavy atom. The molecule has 1 aliphatic carbocycles. The van der Waals surface area contributed by atoms with E-state index in [0.717, 1.165) is 17.7 Å². The summed E-state index contributed by atoms with van der Waals surface area (Å²) in [5, 5.41) is 12.6. The van der Waals surface area contributed by atoms with Gasteiger partial charge in [-0.05, 0) is 35.4 Å². The predicted octanol–water partition coefficient (Wildman–Crippen LogP) is 3.33. The third kappa shape index (κ3) is 4.47. The molecule has 0 aliphatic heterocycles. The summed E-state index contributed by atoms with van der Waals surface area (Å²) in [5.74, 6) is -0.416. The Labute approximate surface area is 133 Å². The molecule has 2 rings (SSSR count). The maximum atomic E-state index is 12.5. The number of amides is 1. The summed E-state index contributed by atoms with van der Waals surface area (Å²) in [6.45, 7) is 5.82. The quantitative estimate of drug-likeness (QED) is 0.890. The van der Waals surface area contributed by atoms with Gasteiger partial charge in [-0.3, -0.25) is 4.79 Å². The highest BCUT2D eigenvalue weighted by Crippen LogP contribution is 2.48. The number of carbonyl (C=O) groups excluding carboxylic acids is 1. The van der Waals surface area contributed by atoms with Crippen molar-refractivity contribution >= 4 is 5.91 Å². The normalized spacial score (nSPS) is 22.6. The van der Waals surface area contributed by atoms with Gasteiger partial charge in [0.05, 0.1) is 11.7 Å². The Balaban J connectivity index is 1.88. The van der Waals surface area contributed by atoms with Crippen molar-refractivity contribution in [1.82, 2.24) is 5.32 Å². The van der Waals surface area contributed by atoms with Crippen LogP contribution in [-0.4, -0.2) is 23.7 Å². The zero-order valence-electron chi connectivity index (χ0n) is 13.4. The van der Waals surface area contributed by atoms with E-state index in [2.05, 4.69) is 5.32 Å². The van der Waals surface area contributed by atoms with E-state index in [4.69, 9.17) is 0 Å². The van der Waals surface area contributed by atoms with Gasteiger partial charge >= 0.3 is 6.18 Å². The van der Waals surface area contributed by atoms with Gasteiger partial charge in [-0.25, -0.2) is 0 Å². The number of hydrogen-bond acceptors (Lipinski definition) is 2. The van der Waals surface area contributed by atoms with E-state index >= 15 is 0 Å². The Bertz CT molecular complexity index is 561. The molecule has 0 aromatic heterocycles. The maximum absolute atomic E-state index is 12.5. The Hall–Kier alpha value is -1.56. The van der Waals surface area contributed by atoms with Gasteiger partial charge in [-0.1, -0.05) is 32.9 Å². The fourth-order valence-corrected chi connectivity index (χ4v) is 2.41. The molecule has 2 N–H and O–H groups in total. The van der Waals surface area contributed by atoms with E-state index < -0.39 is 17.8 Å². The van der Waals surface area contributed by atoms with Gasteiger partial charge in [-0.2, -0.15) is 13.2 Å². The molecule has 3 atom stereocenters. The third-order valence-corrected chi connectivity index (χ3v) is 4.26. The molecule has 3 nitrogen and oxygen atoms in total. The molecule has 1 saturated carbocycles. The van der Waals surface area contributed by atoms with Crippen molar-refractivity contribution in [2.75, 3.05) is 6.54 Å². The lowest BCUT2D eigenvalue weighted by Crippen LogP contribution is -2.39. The smallest absolute Gasteiger partial charge is 0.391 e. The molecule has 1 amide bonds. The Kier molecular flexibility index (Phi) is 4.76. The lowest BCUT2D eigenvalue weighted by Gasteiger charge is -2.25. The van der Waals surface area contributed by atoms with Crippen LogP contribution in [0, 0.1) is 11.3 Å². The van der Waals surface area contributed by atoms with Gasteiger partial charge < -0.3 is 10.4 Å². The van der Waals surface area contributed by atoms with E-state index in [0.29, 0.717) is 6.42 Å². The number of aliphatic hydroxyl groups is 1. The van der Waals surface area contributed by atoms with Crippen LogP contribution in [0.15, 0.2) is 24.3 Å². The molecule has 0 radical (unpaired) electrons. The van der Waals surface area contributed by atoms with Crippen molar-refractivity contribution < 1.29 is 23.1 Å². The molecule has 0 saturated heterocycles. The molecule has 1 aromatic rings. The van der Waals surface area contributed by atoms with E-state index in [-0.39, 0.29) is 29.7 Å². The summed E-state index contributed by atoms with van der Waals surface area (Å²) in [6.07, 6.45) is -4.36. The molecular weight excluding hydrogens is 307 g/mol. The SMILES string of the molecule is CC(C)(C)C(O)CNC(=O)C1CC1c1ccc(C(F)(F)F)cc1. The van der Waals surface area contributed by atoms with Crippen molar-refractivity contribution in [2.24, 2.45) is 11.3 Å². The maximum Gasteiger partial charge on any atom is 0.416 e. The minimum atomic E-state index is -4.35. The van der Waals surface area contributed by atoms with Gasteiger partial charge in [-0.15, -0.1) is 0 Å². The number of aliphatic hydroxyl groups excluding tert-OH is 1. The molecule has 23 heavy (non-hydrogen) atoms. The monoisotopic (exact) mass is 329 g/mol. The van der Waals surface area contributed by atoms with E-state index in [9.17, 15) is 23.1 Å². The number of hydrogen-bond donors (Lipinski definition) is 2. The van der Waals surface area contributed by atoms with Crippen LogP contribution in [0.1, 0.15) is 44.2 Å². The summed E-state index contributed by atoms with van der Waals surface area (Å²) in [5.41, 5.74) is -0.255. The molecule has 1 fully saturated rings. The number of carbonyl (C=O) groups is 1.